The summed E-state index contributed by atoms with van der Waals surface area (Å²) in [4.78, 5) is 22.9. The summed E-state index contributed by atoms with van der Waals surface area (Å²) in [5.74, 6) is 0.121. The standard InChI is InChI=1S/C22H23FN4O/c1-15(17-6-7-20(23)19-5-3-2-4-18(17)19)26-22(28)27-12-9-16(10-13-27)21-8-11-24-14-25-21/h2-8,11,14-16H,9-10,12-13H2,1H3,(H,26,28). The highest BCUT2D eigenvalue weighted by atomic mass is 19.1. The third-order valence-corrected chi connectivity index (χ3v) is 5.52. The van der Waals surface area contributed by atoms with Crippen LogP contribution in [0.4, 0.5) is 9.18 Å². The van der Waals surface area contributed by atoms with Crippen molar-refractivity contribution in [1.29, 1.82) is 0 Å². The first-order chi connectivity index (χ1) is 13.6. The lowest BCUT2D eigenvalue weighted by atomic mass is 9.93. The van der Waals surface area contributed by atoms with Crippen molar-refractivity contribution in [2.45, 2.75) is 31.7 Å². The van der Waals surface area contributed by atoms with Crippen molar-refractivity contribution >= 4 is 16.8 Å². The second-order valence-electron chi connectivity index (χ2n) is 7.25. The Kier molecular flexibility index (Phi) is 5.19. The highest BCUT2D eigenvalue weighted by Crippen LogP contribution is 2.28. The monoisotopic (exact) mass is 378 g/mol. The van der Waals surface area contributed by atoms with E-state index >= 15 is 0 Å². The molecule has 0 bridgehead atoms. The van der Waals surface area contributed by atoms with Crippen LogP contribution < -0.4 is 5.32 Å². The summed E-state index contributed by atoms with van der Waals surface area (Å²) in [6.07, 6.45) is 5.11. The van der Waals surface area contributed by atoms with E-state index in [2.05, 4.69) is 15.3 Å². The molecule has 3 aromatic rings. The van der Waals surface area contributed by atoms with Crippen molar-refractivity contribution in [2.24, 2.45) is 0 Å². The van der Waals surface area contributed by atoms with E-state index in [4.69, 9.17) is 0 Å². The normalized spacial score (nSPS) is 16.1. The fourth-order valence-electron chi connectivity index (χ4n) is 3.94. The Morgan fingerprint density at radius 1 is 1.14 bits per heavy atom. The first-order valence-electron chi connectivity index (χ1n) is 9.62. The van der Waals surface area contributed by atoms with Gasteiger partial charge in [0.25, 0.3) is 0 Å². The van der Waals surface area contributed by atoms with E-state index in [9.17, 15) is 9.18 Å². The summed E-state index contributed by atoms with van der Waals surface area (Å²) in [6.45, 7) is 3.32. The van der Waals surface area contributed by atoms with Crippen molar-refractivity contribution in [3.8, 4) is 0 Å². The van der Waals surface area contributed by atoms with E-state index in [1.165, 1.54) is 6.07 Å². The number of fused-ring (bicyclic) bond motifs is 1. The number of nitrogens with one attached hydrogen (secondary N) is 1. The zero-order chi connectivity index (χ0) is 19.5. The lowest BCUT2D eigenvalue weighted by molar-refractivity contribution is 0.178. The fourth-order valence-corrected chi connectivity index (χ4v) is 3.94. The van der Waals surface area contributed by atoms with Gasteiger partial charge in [-0.1, -0.05) is 30.3 Å². The number of piperidine rings is 1. The van der Waals surface area contributed by atoms with Gasteiger partial charge in [0.15, 0.2) is 0 Å². The molecule has 1 aliphatic rings. The molecule has 1 N–H and O–H groups in total. The number of likely N-dealkylation sites (tertiary alicyclic amines) is 1. The SMILES string of the molecule is CC(NC(=O)N1CCC(c2ccncn2)CC1)c1ccc(F)c2ccccc12. The molecule has 1 fully saturated rings. The van der Waals surface area contributed by atoms with Gasteiger partial charge in [0.1, 0.15) is 12.1 Å². The number of hydrogen-bond acceptors (Lipinski definition) is 3. The van der Waals surface area contributed by atoms with Crippen LogP contribution in [0.2, 0.25) is 0 Å². The van der Waals surface area contributed by atoms with Gasteiger partial charge in [-0.3, -0.25) is 0 Å². The van der Waals surface area contributed by atoms with Crippen molar-refractivity contribution in [2.75, 3.05) is 13.1 Å². The second-order valence-corrected chi connectivity index (χ2v) is 7.25. The summed E-state index contributed by atoms with van der Waals surface area (Å²) in [6, 6.07) is 12.2. The van der Waals surface area contributed by atoms with E-state index in [0.717, 1.165) is 29.5 Å². The Morgan fingerprint density at radius 2 is 1.89 bits per heavy atom. The minimum absolute atomic E-state index is 0.0814. The molecule has 1 aliphatic heterocycles. The van der Waals surface area contributed by atoms with Gasteiger partial charge in [-0.05, 0) is 42.8 Å². The summed E-state index contributed by atoms with van der Waals surface area (Å²) in [5, 5.41) is 4.48. The van der Waals surface area contributed by atoms with Gasteiger partial charge >= 0.3 is 6.03 Å². The third kappa shape index (κ3) is 3.67. The van der Waals surface area contributed by atoms with Crippen LogP contribution in [0.3, 0.4) is 0 Å². The molecule has 2 aromatic carbocycles. The molecule has 0 radical (unpaired) electrons. The summed E-state index contributed by atoms with van der Waals surface area (Å²) >= 11 is 0. The van der Waals surface area contributed by atoms with Gasteiger partial charge in [0.05, 0.1) is 6.04 Å². The largest absolute Gasteiger partial charge is 0.331 e. The first-order valence-corrected chi connectivity index (χ1v) is 9.62. The molecule has 4 rings (SSSR count). The summed E-state index contributed by atoms with van der Waals surface area (Å²) < 4.78 is 14.1. The Hall–Kier alpha value is -3.02. The topological polar surface area (TPSA) is 58.1 Å². The number of carbonyl (C=O) groups is 1. The van der Waals surface area contributed by atoms with E-state index < -0.39 is 0 Å². The van der Waals surface area contributed by atoms with Crippen LogP contribution >= 0.6 is 0 Å². The highest BCUT2D eigenvalue weighted by Gasteiger charge is 2.25. The van der Waals surface area contributed by atoms with Gasteiger partial charge in [0.2, 0.25) is 0 Å². The maximum absolute atomic E-state index is 14.1. The van der Waals surface area contributed by atoms with Crippen molar-refractivity contribution in [3.05, 3.63) is 72.1 Å². The van der Waals surface area contributed by atoms with Crippen molar-refractivity contribution in [3.63, 3.8) is 0 Å². The number of carbonyl (C=O) groups excluding carboxylic acids is 1. The minimum atomic E-state index is -0.246. The number of aromatic nitrogens is 2. The molecule has 1 aromatic heterocycles. The lowest BCUT2D eigenvalue weighted by Crippen LogP contribution is -2.44. The first kappa shape index (κ1) is 18.3. The molecule has 2 amide bonds. The molecular weight excluding hydrogens is 355 g/mol. The molecule has 1 atom stereocenters. The fraction of sp³-hybridized carbons (Fsp3) is 0.318. The Bertz CT molecular complexity index is 971. The van der Waals surface area contributed by atoms with E-state index in [1.807, 2.05) is 36.1 Å². The summed E-state index contributed by atoms with van der Waals surface area (Å²) in [7, 11) is 0. The summed E-state index contributed by atoms with van der Waals surface area (Å²) in [5.41, 5.74) is 1.96. The maximum atomic E-state index is 14.1. The molecule has 0 aliphatic carbocycles. The van der Waals surface area contributed by atoms with Crippen LogP contribution in [-0.4, -0.2) is 34.0 Å². The lowest BCUT2D eigenvalue weighted by Gasteiger charge is -2.32. The molecule has 1 unspecified atom stereocenters. The predicted molar refractivity (Wildman–Crippen MR) is 106 cm³/mol. The molecule has 0 spiro atoms. The Labute approximate surface area is 163 Å². The predicted octanol–water partition coefficient (Wildman–Crippen LogP) is 4.42. The number of halogens is 1. The van der Waals surface area contributed by atoms with Gasteiger partial charge < -0.3 is 10.2 Å². The third-order valence-electron chi connectivity index (χ3n) is 5.52. The molecule has 144 valence electrons. The molecule has 6 heteroatoms. The number of urea groups is 1. The molecule has 0 saturated carbocycles. The smallest absolute Gasteiger partial charge is 0.317 e. The van der Waals surface area contributed by atoms with Crippen LogP contribution in [0.25, 0.3) is 10.8 Å². The number of amides is 2. The van der Waals surface area contributed by atoms with Crippen LogP contribution in [0, 0.1) is 5.82 Å². The van der Waals surface area contributed by atoms with Gasteiger partial charge in [-0.2, -0.15) is 0 Å². The zero-order valence-electron chi connectivity index (χ0n) is 15.8. The average molecular weight is 378 g/mol. The quantitative estimate of drug-likeness (QED) is 0.734. The van der Waals surface area contributed by atoms with Gasteiger partial charge in [0, 0.05) is 36.3 Å². The van der Waals surface area contributed by atoms with Gasteiger partial charge in [-0.25, -0.2) is 19.2 Å². The highest BCUT2D eigenvalue weighted by molar-refractivity contribution is 5.87. The molecule has 5 nitrogen and oxygen atoms in total. The molecule has 28 heavy (non-hydrogen) atoms. The Morgan fingerprint density at radius 3 is 2.61 bits per heavy atom. The number of hydrogen-bond donors (Lipinski definition) is 1. The van der Waals surface area contributed by atoms with Crippen molar-refractivity contribution in [1.82, 2.24) is 20.2 Å². The number of rotatable bonds is 3. The average Bonchev–Trinajstić information content (AvgIpc) is 2.75. The second kappa shape index (κ2) is 7.92. The maximum Gasteiger partial charge on any atom is 0.317 e. The van der Waals surface area contributed by atoms with Crippen LogP contribution in [0.15, 0.2) is 55.0 Å². The van der Waals surface area contributed by atoms with Crippen molar-refractivity contribution < 1.29 is 9.18 Å². The van der Waals surface area contributed by atoms with E-state index in [-0.39, 0.29) is 17.9 Å². The molecule has 2 heterocycles. The molecule has 1 saturated heterocycles. The van der Waals surface area contributed by atoms with E-state index in [0.29, 0.717) is 24.4 Å². The van der Waals surface area contributed by atoms with Crippen LogP contribution in [0.5, 0.6) is 0 Å². The Balaban J connectivity index is 1.41. The van der Waals surface area contributed by atoms with Crippen LogP contribution in [0.1, 0.15) is 43.0 Å². The van der Waals surface area contributed by atoms with Gasteiger partial charge in [-0.15, -0.1) is 0 Å². The van der Waals surface area contributed by atoms with Crippen LogP contribution in [-0.2, 0) is 0 Å². The minimum Gasteiger partial charge on any atom is -0.331 e. The number of benzene rings is 2. The zero-order valence-corrected chi connectivity index (χ0v) is 15.8. The number of nitrogens with zero attached hydrogens (tertiary/aromatic N) is 3. The molecular formula is C22H23FN4O. The van der Waals surface area contributed by atoms with E-state index in [1.54, 1.807) is 24.7 Å².